The molecule has 0 atom stereocenters. The molecule has 0 radical (unpaired) electrons. The molecule has 0 unspecified atom stereocenters. The first-order chi connectivity index (χ1) is 12.4. The molecule has 134 valence electrons. The highest BCUT2D eigenvalue weighted by Gasteiger charge is 2.15. The van der Waals surface area contributed by atoms with Crippen molar-refractivity contribution in [2.24, 2.45) is 0 Å². The van der Waals surface area contributed by atoms with Gasteiger partial charge in [-0.2, -0.15) is 0 Å². The van der Waals surface area contributed by atoms with E-state index in [0.717, 1.165) is 11.1 Å². The van der Waals surface area contributed by atoms with Crippen LogP contribution in [0.4, 0.5) is 5.69 Å². The van der Waals surface area contributed by atoms with E-state index in [1.165, 1.54) is 30.5 Å². The molecule has 3 rings (SSSR count). The molecule has 1 heterocycles. The molecule has 7 heteroatoms. The van der Waals surface area contributed by atoms with Crippen molar-refractivity contribution in [2.75, 3.05) is 4.72 Å². The van der Waals surface area contributed by atoms with Crippen LogP contribution in [0.1, 0.15) is 21.5 Å². The van der Waals surface area contributed by atoms with E-state index in [0.29, 0.717) is 17.8 Å². The number of benzene rings is 2. The van der Waals surface area contributed by atoms with Gasteiger partial charge in [0.15, 0.2) is 0 Å². The summed E-state index contributed by atoms with van der Waals surface area (Å²) in [6.45, 7) is 2.26. The Bertz CT molecular complexity index is 977. The van der Waals surface area contributed by atoms with Crippen molar-refractivity contribution in [3.63, 3.8) is 0 Å². The predicted molar refractivity (Wildman–Crippen MR) is 98.3 cm³/mol. The average molecular weight is 370 g/mol. The van der Waals surface area contributed by atoms with E-state index >= 15 is 0 Å². The first kappa shape index (κ1) is 17.8. The van der Waals surface area contributed by atoms with E-state index in [2.05, 4.69) is 10.0 Å². The lowest BCUT2D eigenvalue weighted by Crippen LogP contribution is -2.22. The van der Waals surface area contributed by atoms with Crippen molar-refractivity contribution in [1.29, 1.82) is 0 Å². The van der Waals surface area contributed by atoms with Gasteiger partial charge in [-0.25, -0.2) is 8.42 Å². The third kappa shape index (κ3) is 4.31. The average Bonchev–Trinajstić information content (AvgIpc) is 3.15. The molecule has 2 N–H and O–H groups in total. The minimum Gasteiger partial charge on any atom is -0.472 e. The van der Waals surface area contributed by atoms with Crippen LogP contribution < -0.4 is 10.0 Å². The van der Waals surface area contributed by atoms with Crippen LogP contribution in [0.15, 0.2) is 76.4 Å². The zero-order valence-electron chi connectivity index (χ0n) is 14.1. The fourth-order valence-electron chi connectivity index (χ4n) is 2.30. The molecule has 2 aromatic carbocycles. The molecule has 0 saturated carbocycles. The summed E-state index contributed by atoms with van der Waals surface area (Å²) in [5, 5.41) is 2.74. The number of hydrogen-bond donors (Lipinski definition) is 2. The van der Waals surface area contributed by atoms with Gasteiger partial charge in [-0.05, 0) is 49.4 Å². The Morgan fingerprint density at radius 2 is 1.69 bits per heavy atom. The third-order valence-corrected chi connectivity index (χ3v) is 5.16. The molecule has 3 aromatic rings. The molecule has 0 aliphatic carbocycles. The Hall–Kier alpha value is -3.06. The number of hydrogen-bond acceptors (Lipinski definition) is 4. The number of nitrogens with one attached hydrogen (secondary N) is 2. The molecule has 0 saturated heterocycles. The van der Waals surface area contributed by atoms with E-state index in [-0.39, 0.29) is 10.8 Å². The summed E-state index contributed by atoms with van der Waals surface area (Å²) in [6, 6.07) is 14.6. The number of aryl methyl sites for hydroxylation is 1. The highest BCUT2D eigenvalue weighted by atomic mass is 32.2. The second-order valence-corrected chi connectivity index (χ2v) is 7.49. The van der Waals surface area contributed by atoms with Gasteiger partial charge in [0.05, 0.1) is 17.4 Å². The molecule has 1 aromatic heterocycles. The van der Waals surface area contributed by atoms with Gasteiger partial charge in [0, 0.05) is 23.4 Å². The van der Waals surface area contributed by atoms with Gasteiger partial charge in [0.25, 0.3) is 15.9 Å². The molecule has 26 heavy (non-hydrogen) atoms. The quantitative estimate of drug-likeness (QED) is 0.697. The van der Waals surface area contributed by atoms with Crippen LogP contribution in [0, 0.1) is 6.92 Å². The minimum atomic E-state index is -3.71. The lowest BCUT2D eigenvalue weighted by molar-refractivity contribution is 0.0951. The van der Waals surface area contributed by atoms with Gasteiger partial charge in [0.2, 0.25) is 0 Å². The SMILES string of the molecule is Cc1ccc(NS(=O)(=O)c2ccc(C(=O)NCc3ccoc3)cc2)cc1. The highest BCUT2D eigenvalue weighted by Crippen LogP contribution is 2.17. The molecule has 0 spiro atoms. The molecule has 1 amide bonds. The lowest BCUT2D eigenvalue weighted by atomic mass is 10.2. The zero-order valence-corrected chi connectivity index (χ0v) is 14.9. The maximum absolute atomic E-state index is 12.4. The van der Waals surface area contributed by atoms with Crippen LogP contribution in [0.25, 0.3) is 0 Å². The van der Waals surface area contributed by atoms with Crippen molar-refractivity contribution < 1.29 is 17.6 Å². The number of amides is 1. The fraction of sp³-hybridized carbons (Fsp3) is 0.105. The molecule has 6 nitrogen and oxygen atoms in total. The molecule has 0 aliphatic heterocycles. The fourth-order valence-corrected chi connectivity index (χ4v) is 3.36. The summed E-state index contributed by atoms with van der Waals surface area (Å²) in [6.07, 6.45) is 3.08. The van der Waals surface area contributed by atoms with Crippen molar-refractivity contribution in [2.45, 2.75) is 18.4 Å². The van der Waals surface area contributed by atoms with Crippen LogP contribution in [0.2, 0.25) is 0 Å². The smallest absolute Gasteiger partial charge is 0.261 e. The van der Waals surface area contributed by atoms with E-state index in [1.807, 2.05) is 19.1 Å². The van der Waals surface area contributed by atoms with Crippen molar-refractivity contribution in [3.8, 4) is 0 Å². The second kappa shape index (κ2) is 7.45. The Morgan fingerprint density at radius 1 is 1.00 bits per heavy atom. The number of furan rings is 1. The molecule has 0 fully saturated rings. The topological polar surface area (TPSA) is 88.4 Å². The summed E-state index contributed by atoms with van der Waals surface area (Å²) in [4.78, 5) is 12.2. The number of carbonyl (C=O) groups is 1. The van der Waals surface area contributed by atoms with E-state index in [9.17, 15) is 13.2 Å². The number of sulfonamides is 1. The van der Waals surface area contributed by atoms with E-state index < -0.39 is 10.0 Å². The molecule has 0 bridgehead atoms. The normalized spacial score (nSPS) is 11.1. The van der Waals surface area contributed by atoms with E-state index in [1.54, 1.807) is 24.5 Å². The Morgan fingerprint density at radius 3 is 2.31 bits per heavy atom. The third-order valence-electron chi connectivity index (χ3n) is 3.76. The van der Waals surface area contributed by atoms with Crippen molar-refractivity contribution >= 4 is 21.6 Å². The first-order valence-electron chi connectivity index (χ1n) is 7.93. The van der Waals surface area contributed by atoms with Crippen LogP contribution in [-0.2, 0) is 16.6 Å². The van der Waals surface area contributed by atoms with Crippen LogP contribution in [0.5, 0.6) is 0 Å². The molecule has 0 aliphatic rings. The standard InChI is InChI=1S/C19H18N2O4S/c1-14-2-6-17(7-3-14)21-26(23,24)18-8-4-16(5-9-18)19(22)20-12-15-10-11-25-13-15/h2-11,13,21H,12H2,1H3,(H,20,22). The molecular formula is C19H18N2O4S. The summed E-state index contributed by atoms with van der Waals surface area (Å²) in [5.74, 6) is -0.290. The van der Waals surface area contributed by atoms with Gasteiger partial charge >= 0.3 is 0 Å². The maximum atomic E-state index is 12.4. The number of rotatable bonds is 6. The summed E-state index contributed by atoms with van der Waals surface area (Å²) < 4.78 is 32.3. The van der Waals surface area contributed by atoms with Gasteiger partial charge in [-0.15, -0.1) is 0 Å². The van der Waals surface area contributed by atoms with E-state index in [4.69, 9.17) is 4.42 Å². The monoisotopic (exact) mass is 370 g/mol. The summed E-state index contributed by atoms with van der Waals surface area (Å²) in [5.41, 5.74) is 2.75. The van der Waals surface area contributed by atoms with Gasteiger partial charge in [0.1, 0.15) is 0 Å². The van der Waals surface area contributed by atoms with Gasteiger partial charge in [-0.1, -0.05) is 17.7 Å². The first-order valence-corrected chi connectivity index (χ1v) is 9.41. The maximum Gasteiger partial charge on any atom is 0.261 e. The van der Waals surface area contributed by atoms with Crippen LogP contribution in [0.3, 0.4) is 0 Å². The van der Waals surface area contributed by atoms with Crippen molar-refractivity contribution in [1.82, 2.24) is 5.32 Å². The Kier molecular flexibility index (Phi) is 5.09. The predicted octanol–water partition coefficient (Wildman–Crippen LogP) is 3.32. The molecular weight excluding hydrogens is 352 g/mol. The van der Waals surface area contributed by atoms with Crippen molar-refractivity contribution in [3.05, 3.63) is 83.8 Å². The minimum absolute atomic E-state index is 0.0875. The van der Waals surface area contributed by atoms with Gasteiger partial charge < -0.3 is 9.73 Å². The Balaban J connectivity index is 1.67. The number of carbonyl (C=O) groups excluding carboxylic acids is 1. The second-order valence-electron chi connectivity index (χ2n) is 5.81. The zero-order chi connectivity index (χ0) is 18.6. The summed E-state index contributed by atoms with van der Waals surface area (Å²) in [7, 11) is -3.71. The lowest BCUT2D eigenvalue weighted by Gasteiger charge is -2.09. The van der Waals surface area contributed by atoms with Gasteiger partial charge in [-0.3, -0.25) is 9.52 Å². The summed E-state index contributed by atoms with van der Waals surface area (Å²) >= 11 is 0. The van der Waals surface area contributed by atoms with Crippen LogP contribution in [-0.4, -0.2) is 14.3 Å². The largest absolute Gasteiger partial charge is 0.472 e. The Labute approximate surface area is 151 Å². The van der Waals surface area contributed by atoms with Crippen LogP contribution >= 0.6 is 0 Å². The highest BCUT2D eigenvalue weighted by molar-refractivity contribution is 7.92. The number of anilines is 1.